The monoisotopic (exact) mass is 577 g/mol. The van der Waals surface area contributed by atoms with Crippen LogP contribution in [-0.4, -0.2) is 49.8 Å². The van der Waals surface area contributed by atoms with Crippen LogP contribution in [0.5, 0.6) is 17.2 Å². The van der Waals surface area contributed by atoms with Crippen molar-refractivity contribution in [2.75, 3.05) is 43.0 Å². The van der Waals surface area contributed by atoms with Crippen molar-refractivity contribution in [2.24, 2.45) is 0 Å². The quantitative estimate of drug-likeness (QED) is 0.153. The van der Waals surface area contributed by atoms with E-state index in [1.165, 1.54) is 6.08 Å². The van der Waals surface area contributed by atoms with Gasteiger partial charge in [-0.3, -0.25) is 10.1 Å². The molecule has 3 aromatic carbocycles. The number of ether oxygens (including phenoxy) is 5. The van der Waals surface area contributed by atoms with Crippen LogP contribution in [-0.2, 0) is 14.3 Å². The average molecular weight is 578 g/mol. The Morgan fingerprint density at radius 2 is 1.83 bits per heavy atom. The van der Waals surface area contributed by atoms with Gasteiger partial charge in [0.05, 0.1) is 24.1 Å². The van der Waals surface area contributed by atoms with Crippen LogP contribution < -0.4 is 30.6 Å². The lowest BCUT2D eigenvalue weighted by Crippen LogP contribution is -2.29. The standard InChI is InChI=1S/C31H35N3O8/c1-2-38-27(13-7-8-14-29(36)34-24-11-5-4-10-23(24)32)30(22-9-3-6-12-25(22)39-18-17-35)42-31(37)33-21-15-16-26-28(19-21)41-20-40-26/h3-6,8-12,14-16,19,27,30,35H,2,7,13,17-18,20,32H2,1H3,(H,33,37)(H,34,36)/b14-8+/t27-,30-/m0/s1. The predicted octanol–water partition coefficient (Wildman–Crippen LogP) is 5.04. The minimum atomic E-state index is -0.875. The number of nitrogen functional groups attached to an aromatic ring is 1. The van der Waals surface area contributed by atoms with E-state index < -0.39 is 18.3 Å². The smallest absolute Gasteiger partial charge is 0.412 e. The maximum absolute atomic E-state index is 13.1. The van der Waals surface area contributed by atoms with Gasteiger partial charge in [-0.05, 0) is 56.2 Å². The molecule has 0 unspecified atom stereocenters. The van der Waals surface area contributed by atoms with Crippen LogP contribution in [0, 0.1) is 0 Å². The molecule has 2 amide bonds. The van der Waals surface area contributed by atoms with Crippen molar-refractivity contribution in [3.05, 3.63) is 84.4 Å². The molecule has 2 atom stereocenters. The number of allylic oxidation sites excluding steroid dienone is 1. The number of aliphatic hydroxyl groups is 1. The molecule has 0 bridgehead atoms. The topological polar surface area (TPSA) is 151 Å². The Kier molecular flexibility index (Phi) is 11.0. The first-order chi connectivity index (χ1) is 20.5. The Morgan fingerprint density at radius 1 is 1.05 bits per heavy atom. The van der Waals surface area contributed by atoms with Crippen molar-refractivity contribution in [1.82, 2.24) is 0 Å². The molecule has 42 heavy (non-hydrogen) atoms. The Bertz CT molecular complexity index is 1380. The van der Waals surface area contributed by atoms with Crippen molar-refractivity contribution < 1.29 is 38.4 Å². The van der Waals surface area contributed by atoms with Gasteiger partial charge in [0.1, 0.15) is 12.4 Å². The minimum Gasteiger partial charge on any atom is -0.491 e. The second-order valence-electron chi connectivity index (χ2n) is 9.18. The van der Waals surface area contributed by atoms with Gasteiger partial charge in [0.25, 0.3) is 0 Å². The van der Waals surface area contributed by atoms with Gasteiger partial charge in [0, 0.05) is 23.9 Å². The van der Waals surface area contributed by atoms with Crippen molar-refractivity contribution in [1.29, 1.82) is 0 Å². The van der Waals surface area contributed by atoms with E-state index in [2.05, 4.69) is 10.6 Å². The predicted molar refractivity (Wildman–Crippen MR) is 158 cm³/mol. The molecular weight excluding hydrogens is 542 g/mol. The summed E-state index contributed by atoms with van der Waals surface area (Å²) in [5.74, 6) is 1.24. The number of benzene rings is 3. The summed E-state index contributed by atoms with van der Waals surface area (Å²) >= 11 is 0. The van der Waals surface area contributed by atoms with Crippen LogP contribution in [0.4, 0.5) is 21.9 Å². The molecule has 0 spiro atoms. The third kappa shape index (κ3) is 8.38. The van der Waals surface area contributed by atoms with E-state index in [-0.39, 0.29) is 25.9 Å². The molecule has 3 aromatic rings. The lowest BCUT2D eigenvalue weighted by Gasteiger charge is -2.28. The van der Waals surface area contributed by atoms with E-state index in [1.807, 2.05) is 6.92 Å². The molecule has 0 aliphatic carbocycles. The van der Waals surface area contributed by atoms with Crippen LogP contribution in [0.3, 0.4) is 0 Å². The molecule has 0 saturated carbocycles. The summed E-state index contributed by atoms with van der Waals surface area (Å²) in [6.45, 7) is 2.20. The zero-order chi connectivity index (χ0) is 29.7. The third-order valence-corrected chi connectivity index (χ3v) is 6.25. The zero-order valence-corrected chi connectivity index (χ0v) is 23.3. The van der Waals surface area contributed by atoms with Gasteiger partial charge < -0.3 is 39.8 Å². The first kappa shape index (κ1) is 30.2. The van der Waals surface area contributed by atoms with Crippen molar-refractivity contribution in [2.45, 2.75) is 32.0 Å². The van der Waals surface area contributed by atoms with Crippen LogP contribution in [0.2, 0.25) is 0 Å². The fraction of sp³-hybridized carbons (Fsp3) is 0.290. The highest BCUT2D eigenvalue weighted by atomic mass is 16.7. The Hall–Kier alpha value is -4.74. The van der Waals surface area contributed by atoms with E-state index >= 15 is 0 Å². The number of aliphatic hydroxyl groups excluding tert-OH is 1. The molecule has 1 aliphatic heterocycles. The second kappa shape index (κ2) is 15.3. The summed E-state index contributed by atoms with van der Waals surface area (Å²) < 4.78 is 28.5. The third-order valence-electron chi connectivity index (χ3n) is 6.25. The van der Waals surface area contributed by atoms with Gasteiger partial charge in [-0.2, -0.15) is 0 Å². The molecule has 0 radical (unpaired) electrons. The van der Waals surface area contributed by atoms with Crippen molar-refractivity contribution >= 4 is 29.1 Å². The fourth-order valence-electron chi connectivity index (χ4n) is 4.35. The normalized spacial score (nSPS) is 13.4. The molecule has 11 heteroatoms. The summed E-state index contributed by atoms with van der Waals surface area (Å²) in [6.07, 6.45) is 1.84. The molecule has 0 fully saturated rings. The number of nitrogens with two attached hydrogens (primary N) is 1. The molecule has 222 valence electrons. The molecule has 0 saturated heterocycles. The average Bonchev–Trinajstić information content (AvgIpc) is 3.46. The Morgan fingerprint density at radius 3 is 2.64 bits per heavy atom. The summed E-state index contributed by atoms with van der Waals surface area (Å²) in [7, 11) is 0. The van der Waals surface area contributed by atoms with Crippen molar-refractivity contribution in [3.8, 4) is 17.2 Å². The molecule has 0 aromatic heterocycles. The number of hydrogen-bond acceptors (Lipinski definition) is 9. The number of amides is 2. The number of carbonyl (C=O) groups excluding carboxylic acids is 2. The zero-order valence-electron chi connectivity index (χ0n) is 23.3. The van der Waals surface area contributed by atoms with E-state index in [0.29, 0.717) is 59.3 Å². The number of carbonyl (C=O) groups is 2. The lowest BCUT2D eigenvalue weighted by atomic mass is 9.99. The molecule has 5 N–H and O–H groups in total. The van der Waals surface area contributed by atoms with Gasteiger partial charge in [-0.1, -0.05) is 36.4 Å². The van der Waals surface area contributed by atoms with E-state index in [9.17, 15) is 14.7 Å². The largest absolute Gasteiger partial charge is 0.491 e. The molecule has 1 aliphatic rings. The summed E-state index contributed by atoms with van der Waals surface area (Å²) in [6, 6.07) is 19.1. The van der Waals surface area contributed by atoms with Crippen LogP contribution in [0.25, 0.3) is 0 Å². The summed E-state index contributed by atoms with van der Waals surface area (Å²) in [5, 5.41) is 14.8. The number of hydrogen-bond donors (Lipinski definition) is 4. The molecular formula is C31H35N3O8. The number of para-hydroxylation sites is 3. The minimum absolute atomic E-state index is 0.0657. The maximum Gasteiger partial charge on any atom is 0.412 e. The highest BCUT2D eigenvalue weighted by Gasteiger charge is 2.30. The number of fused-ring (bicyclic) bond motifs is 1. The molecule has 11 nitrogen and oxygen atoms in total. The highest BCUT2D eigenvalue weighted by molar-refractivity contribution is 6.01. The SMILES string of the molecule is CCO[C@@H](CC/C=C/C(=O)Nc1ccccc1N)[C@@H](OC(=O)Nc1ccc2c(c1)OCO2)c1ccccc1OCCO. The summed E-state index contributed by atoms with van der Waals surface area (Å²) in [5.41, 5.74) is 7.94. The first-order valence-electron chi connectivity index (χ1n) is 13.6. The second-order valence-corrected chi connectivity index (χ2v) is 9.18. The van der Waals surface area contributed by atoms with E-state index in [4.69, 9.17) is 29.4 Å². The van der Waals surface area contributed by atoms with E-state index in [1.54, 1.807) is 72.8 Å². The lowest BCUT2D eigenvalue weighted by molar-refractivity contribution is -0.111. The van der Waals surface area contributed by atoms with Gasteiger partial charge in [0.2, 0.25) is 12.7 Å². The number of rotatable bonds is 14. The van der Waals surface area contributed by atoms with Gasteiger partial charge in [-0.25, -0.2) is 4.79 Å². The summed E-state index contributed by atoms with van der Waals surface area (Å²) in [4.78, 5) is 25.5. The van der Waals surface area contributed by atoms with Crippen LogP contribution in [0.1, 0.15) is 31.4 Å². The van der Waals surface area contributed by atoms with E-state index in [0.717, 1.165) is 0 Å². The van der Waals surface area contributed by atoms with Crippen molar-refractivity contribution in [3.63, 3.8) is 0 Å². The van der Waals surface area contributed by atoms with Gasteiger partial charge in [-0.15, -0.1) is 0 Å². The Balaban J connectivity index is 1.49. The highest BCUT2D eigenvalue weighted by Crippen LogP contribution is 2.36. The molecule has 4 rings (SSSR count). The fourth-order valence-corrected chi connectivity index (χ4v) is 4.35. The van der Waals surface area contributed by atoms with Crippen LogP contribution >= 0.6 is 0 Å². The Labute approximate surface area is 244 Å². The maximum atomic E-state index is 13.1. The van der Waals surface area contributed by atoms with Crippen LogP contribution in [0.15, 0.2) is 78.9 Å². The van der Waals surface area contributed by atoms with Gasteiger partial charge in [0.15, 0.2) is 17.6 Å². The number of nitrogens with one attached hydrogen (secondary N) is 2. The molecule has 1 heterocycles. The van der Waals surface area contributed by atoms with Gasteiger partial charge >= 0.3 is 6.09 Å². The number of anilines is 3. The first-order valence-corrected chi connectivity index (χ1v) is 13.6.